The number of amides is 1. The Labute approximate surface area is 129 Å². The molecule has 1 amide bonds. The van der Waals surface area contributed by atoms with Gasteiger partial charge in [-0.1, -0.05) is 29.3 Å². The van der Waals surface area contributed by atoms with Crippen LogP contribution in [0.3, 0.4) is 0 Å². The molecule has 2 rings (SSSR count). The van der Waals surface area contributed by atoms with Crippen molar-refractivity contribution in [1.82, 2.24) is 4.90 Å². The van der Waals surface area contributed by atoms with E-state index in [0.717, 1.165) is 48.1 Å². The fraction of sp³-hybridized carbons (Fsp3) is 0.562. The maximum Gasteiger partial charge on any atom is 0.241 e. The average molecular weight is 339 g/mol. The van der Waals surface area contributed by atoms with Crippen LogP contribution in [0.5, 0.6) is 0 Å². The third-order valence-electron chi connectivity index (χ3n) is 3.87. The van der Waals surface area contributed by atoms with E-state index in [1.807, 2.05) is 25.1 Å². The largest absolute Gasteiger partial charge is 0.324 e. The number of hydrogen-bond donors (Lipinski definition) is 1. The molecule has 1 aliphatic heterocycles. The summed E-state index contributed by atoms with van der Waals surface area (Å²) in [5, 5.41) is 3.09. The van der Waals surface area contributed by atoms with Gasteiger partial charge in [-0.2, -0.15) is 0 Å². The Hall–Kier alpha value is -0.870. The third kappa shape index (κ3) is 3.83. The van der Waals surface area contributed by atoms with Crippen molar-refractivity contribution in [3.63, 3.8) is 0 Å². The molecule has 0 aromatic heterocycles. The molecule has 20 heavy (non-hydrogen) atoms. The second-order valence-electron chi connectivity index (χ2n) is 5.50. The molecular formula is C16H23BrN2O. The number of likely N-dealkylation sites (tertiary alicyclic amines) is 1. The summed E-state index contributed by atoms with van der Waals surface area (Å²) in [5.74, 6) is 0.142. The molecule has 0 bridgehead atoms. The molecule has 3 nitrogen and oxygen atoms in total. The number of halogens is 1. The van der Waals surface area contributed by atoms with Crippen molar-refractivity contribution in [2.24, 2.45) is 0 Å². The van der Waals surface area contributed by atoms with E-state index in [1.165, 1.54) is 6.42 Å². The van der Waals surface area contributed by atoms with E-state index in [0.29, 0.717) is 0 Å². The first-order valence-electron chi connectivity index (χ1n) is 7.43. The van der Waals surface area contributed by atoms with Crippen LogP contribution in [0.15, 0.2) is 22.7 Å². The maximum atomic E-state index is 12.5. The molecule has 0 saturated carbocycles. The van der Waals surface area contributed by atoms with Gasteiger partial charge in [0.1, 0.15) is 0 Å². The molecule has 0 radical (unpaired) electrons. The number of carbonyl (C=O) groups is 1. The lowest BCUT2D eigenvalue weighted by molar-refractivity contribution is -0.122. The Morgan fingerprint density at radius 1 is 1.45 bits per heavy atom. The molecule has 0 aliphatic carbocycles. The minimum atomic E-state index is 0.0340. The van der Waals surface area contributed by atoms with Gasteiger partial charge in [-0.25, -0.2) is 0 Å². The maximum absolute atomic E-state index is 12.5. The van der Waals surface area contributed by atoms with E-state index in [2.05, 4.69) is 33.1 Å². The number of rotatable bonds is 4. The number of carbonyl (C=O) groups excluding carboxylic acids is 1. The van der Waals surface area contributed by atoms with Crippen LogP contribution >= 0.6 is 15.9 Å². The van der Waals surface area contributed by atoms with Crippen molar-refractivity contribution in [3.05, 3.63) is 28.2 Å². The number of piperidine rings is 1. The summed E-state index contributed by atoms with van der Waals surface area (Å²) in [6.07, 6.45) is 4.43. The molecule has 1 N–H and O–H groups in total. The van der Waals surface area contributed by atoms with Crippen molar-refractivity contribution in [3.8, 4) is 0 Å². The first kappa shape index (κ1) is 15.5. The van der Waals surface area contributed by atoms with Gasteiger partial charge >= 0.3 is 0 Å². The summed E-state index contributed by atoms with van der Waals surface area (Å²) in [4.78, 5) is 14.9. The normalized spacial score (nSPS) is 19.9. The zero-order valence-corrected chi connectivity index (χ0v) is 13.9. The number of nitrogens with one attached hydrogen (secondary N) is 1. The molecule has 1 aliphatic rings. The molecule has 110 valence electrons. The van der Waals surface area contributed by atoms with Crippen LogP contribution in [0.4, 0.5) is 5.69 Å². The molecule has 1 heterocycles. The Kier molecular flexibility index (Phi) is 5.61. The van der Waals surface area contributed by atoms with Gasteiger partial charge in [0, 0.05) is 10.2 Å². The van der Waals surface area contributed by atoms with Gasteiger partial charge in [-0.3, -0.25) is 9.69 Å². The molecule has 1 unspecified atom stereocenters. The zero-order valence-electron chi connectivity index (χ0n) is 12.3. The van der Waals surface area contributed by atoms with Crippen molar-refractivity contribution in [1.29, 1.82) is 0 Å². The van der Waals surface area contributed by atoms with E-state index in [-0.39, 0.29) is 11.9 Å². The summed E-state index contributed by atoms with van der Waals surface area (Å²) in [6, 6.07) is 5.99. The van der Waals surface area contributed by atoms with Crippen LogP contribution in [0.1, 0.15) is 38.2 Å². The van der Waals surface area contributed by atoms with Gasteiger partial charge in [0.15, 0.2) is 0 Å². The van der Waals surface area contributed by atoms with Crippen LogP contribution in [0, 0.1) is 6.92 Å². The molecule has 0 spiro atoms. The van der Waals surface area contributed by atoms with Gasteiger partial charge < -0.3 is 5.32 Å². The average Bonchev–Trinajstić information content (AvgIpc) is 2.43. The molecule has 1 atom stereocenters. The predicted octanol–water partition coefficient (Wildman–Crippen LogP) is 3.96. The fourth-order valence-corrected chi connectivity index (χ4v) is 3.30. The van der Waals surface area contributed by atoms with Crippen molar-refractivity contribution >= 4 is 27.5 Å². The molecule has 1 aromatic rings. The van der Waals surface area contributed by atoms with Gasteiger partial charge in [-0.15, -0.1) is 0 Å². The van der Waals surface area contributed by atoms with Gasteiger partial charge in [-0.05, 0) is 63.0 Å². The quantitative estimate of drug-likeness (QED) is 0.901. The Morgan fingerprint density at radius 3 is 2.95 bits per heavy atom. The minimum Gasteiger partial charge on any atom is -0.324 e. The summed E-state index contributed by atoms with van der Waals surface area (Å²) in [7, 11) is 0. The smallest absolute Gasteiger partial charge is 0.241 e. The fourth-order valence-electron chi connectivity index (χ4n) is 2.83. The topological polar surface area (TPSA) is 32.3 Å². The minimum absolute atomic E-state index is 0.0340. The molecule has 1 saturated heterocycles. The summed E-state index contributed by atoms with van der Waals surface area (Å²) >= 11 is 3.45. The second kappa shape index (κ2) is 7.23. The highest BCUT2D eigenvalue weighted by atomic mass is 79.9. The number of nitrogens with zero attached hydrogens (tertiary/aromatic N) is 1. The first-order chi connectivity index (χ1) is 9.61. The summed E-state index contributed by atoms with van der Waals surface area (Å²) in [5.41, 5.74) is 2.01. The van der Waals surface area contributed by atoms with Crippen molar-refractivity contribution in [2.45, 2.75) is 45.6 Å². The van der Waals surface area contributed by atoms with E-state index in [9.17, 15) is 4.79 Å². The van der Waals surface area contributed by atoms with Crippen LogP contribution < -0.4 is 5.32 Å². The number of aryl methyl sites for hydroxylation is 1. The van der Waals surface area contributed by atoms with Gasteiger partial charge in [0.25, 0.3) is 0 Å². The lowest BCUT2D eigenvalue weighted by Crippen LogP contribution is -2.47. The van der Waals surface area contributed by atoms with Crippen LogP contribution in [-0.2, 0) is 4.79 Å². The predicted molar refractivity (Wildman–Crippen MR) is 87.0 cm³/mol. The first-order valence-corrected chi connectivity index (χ1v) is 8.22. The highest BCUT2D eigenvalue weighted by Gasteiger charge is 2.28. The Bertz CT molecular complexity index is 474. The molecule has 1 fully saturated rings. The monoisotopic (exact) mass is 338 g/mol. The molecule has 4 heteroatoms. The van der Waals surface area contributed by atoms with Crippen molar-refractivity contribution < 1.29 is 4.79 Å². The third-order valence-corrected chi connectivity index (χ3v) is 4.37. The summed E-state index contributed by atoms with van der Waals surface area (Å²) in [6.45, 7) is 6.25. The highest BCUT2D eigenvalue weighted by molar-refractivity contribution is 9.10. The number of anilines is 1. The zero-order chi connectivity index (χ0) is 14.5. The SMILES string of the molecule is CCCN1CCCCC1C(=O)Nc1ccc(Br)cc1C. The Balaban J connectivity index is 2.05. The Morgan fingerprint density at radius 2 is 2.25 bits per heavy atom. The molecule has 1 aromatic carbocycles. The van der Waals surface area contributed by atoms with Gasteiger partial charge in [0.2, 0.25) is 5.91 Å². The van der Waals surface area contributed by atoms with Crippen LogP contribution in [-0.4, -0.2) is 29.9 Å². The van der Waals surface area contributed by atoms with E-state index in [4.69, 9.17) is 0 Å². The van der Waals surface area contributed by atoms with Gasteiger partial charge in [0.05, 0.1) is 6.04 Å². The standard InChI is InChI=1S/C16H23BrN2O/c1-3-9-19-10-5-4-6-15(19)16(20)18-14-8-7-13(17)11-12(14)2/h7-8,11,15H,3-6,9-10H2,1-2H3,(H,18,20). The van der Waals surface area contributed by atoms with Crippen LogP contribution in [0.25, 0.3) is 0 Å². The number of hydrogen-bond acceptors (Lipinski definition) is 2. The van der Waals surface area contributed by atoms with Crippen LogP contribution in [0.2, 0.25) is 0 Å². The lowest BCUT2D eigenvalue weighted by atomic mass is 10.0. The van der Waals surface area contributed by atoms with Crippen molar-refractivity contribution in [2.75, 3.05) is 18.4 Å². The highest BCUT2D eigenvalue weighted by Crippen LogP contribution is 2.23. The lowest BCUT2D eigenvalue weighted by Gasteiger charge is -2.34. The number of benzene rings is 1. The molecular weight excluding hydrogens is 316 g/mol. The van der Waals surface area contributed by atoms with E-state index >= 15 is 0 Å². The van der Waals surface area contributed by atoms with E-state index < -0.39 is 0 Å². The summed E-state index contributed by atoms with van der Waals surface area (Å²) < 4.78 is 1.04. The second-order valence-corrected chi connectivity index (χ2v) is 6.41. The van der Waals surface area contributed by atoms with E-state index in [1.54, 1.807) is 0 Å².